The Morgan fingerprint density at radius 3 is 2.79 bits per heavy atom. The third-order valence-corrected chi connectivity index (χ3v) is 3.71. The molecule has 1 N–H and O–H groups in total. The van der Waals surface area contributed by atoms with Gasteiger partial charge in [0.05, 0.1) is 0 Å². The first-order chi connectivity index (χ1) is 6.90. The molecule has 2 nitrogen and oxygen atoms in total. The molecule has 1 aliphatic carbocycles. The minimum Gasteiger partial charge on any atom is -0.318 e. The van der Waals surface area contributed by atoms with E-state index in [9.17, 15) is 0 Å². The standard InChI is InChI=1S/C12H24N2/c1-13-10-12-4-2-3-8-14(12)9-7-11-5-6-11/h11-13H,2-10H2,1H3. The number of rotatable bonds is 5. The van der Waals surface area contributed by atoms with Crippen LogP contribution in [0.2, 0.25) is 0 Å². The van der Waals surface area contributed by atoms with Gasteiger partial charge in [-0.05, 0) is 45.3 Å². The van der Waals surface area contributed by atoms with E-state index in [-0.39, 0.29) is 0 Å². The van der Waals surface area contributed by atoms with Crippen LogP contribution in [-0.4, -0.2) is 37.6 Å². The average Bonchev–Trinajstić information content (AvgIpc) is 3.01. The smallest absolute Gasteiger partial charge is 0.0220 e. The number of piperidine rings is 1. The van der Waals surface area contributed by atoms with Crippen LogP contribution in [0.3, 0.4) is 0 Å². The topological polar surface area (TPSA) is 15.3 Å². The Balaban J connectivity index is 1.72. The molecular formula is C12H24N2. The Hall–Kier alpha value is -0.0800. The highest BCUT2D eigenvalue weighted by Crippen LogP contribution is 2.33. The van der Waals surface area contributed by atoms with Crippen molar-refractivity contribution in [3.05, 3.63) is 0 Å². The molecule has 1 aliphatic heterocycles. The van der Waals surface area contributed by atoms with Gasteiger partial charge in [0.15, 0.2) is 0 Å². The highest BCUT2D eigenvalue weighted by atomic mass is 15.2. The summed E-state index contributed by atoms with van der Waals surface area (Å²) >= 11 is 0. The Morgan fingerprint density at radius 2 is 2.07 bits per heavy atom. The summed E-state index contributed by atoms with van der Waals surface area (Å²) < 4.78 is 0. The van der Waals surface area contributed by atoms with E-state index in [0.717, 1.165) is 12.0 Å². The van der Waals surface area contributed by atoms with Crippen molar-refractivity contribution < 1.29 is 0 Å². The van der Waals surface area contributed by atoms with E-state index in [1.807, 2.05) is 0 Å². The van der Waals surface area contributed by atoms with Gasteiger partial charge in [0.25, 0.3) is 0 Å². The van der Waals surface area contributed by atoms with Crippen LogP contribution in [0.5, 0.6) is 0 Å². The fourth-order valence-electron chi connectivity index (χ4n) is 2.58. The van der Waals surface area contributed by atoms with Gasteiger partial charge in [-0.3, -0.25) is 4.90 Å². The molecule has 1 unspecified atom stereocenters. The largest absolute Gasteiger partial charge is 0.318 e. The van der Waals surface area contributed by atoms with Gasteiger partial charge < -0.3 is 5.32 Å². The van der Waals surface area contributed by atoms with Crippen molar-refractivity contribution in [1.82, 2.24) is 10.2 Å². The summed E-state index contributed by atoms with van der Waals surface area (Å²) in [6, 6.07) is 0.826. The number of likely N-dealkylation sites (tertiary alicyclic amines) is 1. The van der Waals surface area contributed by atoms with Gasteiger partial charge in [-0.25, -0.2) is 0 Å². The molecule has 1 atom stereocenters. The van der Waals surface area contributed by atoms with E-state index in [0.29, 0.717) is 0 Å². The first-order valence-electron chi connectivity index (χ1n) is 6.29. The Labute approximate surface area is 88.1 Å². The summed E-state index contributed by atoms with van der Waals surface area (Å²) in [6.45, 7) is 3.89. The highest BCUT2D eigenvalue weighted by Gasteiger charge is 2.25. The number of nitrogens with one attached hydrogen (secondary N) is 1. The molecule has 0 aromatic heterocycles. The minimum atomic E-state index is 0.826. The number of hydrogen-bond donors (Lipinski definition) is 1. The van der Waals surface area contributed by atoms with Gasteiger partial charge in [-0.2, -0.15) is 0 Å². The van der Waals surface area contributed by atoms with Gasteiger partial charge in [0, 0.05) is 12.6 Å². The van der Waals surface area contributed by atoms with Crippen molar-refractivity contribution in [3.8, 4) is 0 Å². The van der Waals surface area contributed by atoms with Crippen molar-refractivity contribution in [3.63, 3.8) is 0 Å². The molecule has 14 heavy (non-hydrogen) atoms. The van der Waals surface area contributed by atoms with Crippen molar-refractivity contribution in [2.45, 2.75) is 44.6 Å². The second-order valence-corrected chi connectivity index (χ2v) is 4.98. The van der Waals surface area contributed by atoms with E-state index in [1.165, 1.54) is 58.2 Å². The first-order valence-corrected chi connectivity index (χ1v) is 6.29. The zero-order chi connectivity index (χ0) is 9.80. The molecule has 2 aliphatic rings. The van der Waals surface area contributed by atoms with Gasteiger partial charge >= 0.3 is 0 Å². The molecule has 0 spiro atoms. The van der Waals surface area contributed by atoms with Crippen molar-refractivity contribution in [1.29, 1.82) is 0 Å². The van der Waals surface area contributed by atoms with E-state index in [4.69, 9.17) is 0 Å². The Kier molecular flexibility index (Phi) is 3.82. The van der Waals surface area contributed by atoms with Crippen LogP contribution in [-0.2, 0) is 0 Å². The van der Waals surface area contributed by atoms with Crippen LogP contribution < -0.4 is 5.32 Å². The monoisotopic (exact) mass is 196 g/mol. The number of nitrogens with zero attached hydrogens (tertiary/aromatic N) is 1. The molecule has 0 bridgehead atoms. The lowest BCUT2D eigenvalue weighted by Crippen LogP contribution is -2.45. The number of likely N-dealkylation sites (N-methyl/N-ethyl adjacent to an activating group) is 1. The second-order valence-electron chi connectivity index (χ2n) is 4.98. The predicted octanol–water partition coefficient (Wildman–Crippen LogP) is 1.86. The van der Waals surface area contributed by atoms with Crippen molar-refractivity contribution >= 4 is 0 Å². The van der Waals surface area contributed by atoms with Crippen LogP contribution in [0.4, 0.5) is 0 Å². The molecule has 0 aromatic carbocycles. The summed E-state index contributed by atoms with van der Waals surface area (Å²) in [5, 5.41) is 3.33. The third kappa shape index (κ3) is 2.96. The van der Waals surface area contributed by atoms with Gasteiger partial charge in [-0.1, -0.05) is 19.3 Å². The second kappa shape index (κ2) is 5.13. The summed E-state index contributed by atoms with van der Waals surface area (Å²) in [5.41, 5.74) is 0. The fraction of sp³-hybridized carbons (Fsp3) is 1.00. The Bertz CT molecular complexity index is 164. The SMILES string of the molecule is CNCC1CCCCN1CCC1CC1. The maximum absolute atomic E-state index is 3.33. The lowest BCUT2D eigenvalue weighted by atomic mass is 10.0. The molecule has 2 heteroatoms. The summed E-state index contributed by atoms with van der Waals surface area (Å²) in [5.74, 6) is 1.09. The zero-order valence-electron chi connectivity index (χ0n) is 9.47. The molecule has 1 saturated heterocycles. The molecule has 1 saturated carbocycles. The molecule has 1 heterocycles. The normalized spacial score (nSPS) is 29.4. The predicted molar refractivity (Wildman–Crippen MR) is 60.5 cm³/mol. The molecule has 2 fully saturated rings. The minimum absolute atomic E-state index is 0.826. The molecule has 0 aromatic rings. The third-order valence-electron chi connectivity index (χ3n) is 3.71. The quantitative estimate of drug-likeness (QED) is 0.722. The van der Waals surface area contributed by atoms with Gasteiger partial charge in [0.2, 0.25) is 0 Å². The van der Waals surface area contributed by atoms with E-state index < -0.39 is 0 Å². The first kappa shape index (κ1) is 10.4. The summed E-state index contributed by atoms with van der Waals surface area (Å²) in [7, 11) is 2.08. The molecule has 2 rings (SSSR count). The van der Waals surface area contributed by atoms with E-state index in [1.54, 1.807) is 0 Å². The van der Waals surface area contributed by atoms with Crippen LogP contribution >= 0.6 is 0 Å². The fourth-order valence-corrected chi connectivity index (χ4v) is 2.58. The average molecular weight is 196 g/mol. The van der Waals surface area contributed by atoms with Gasteiger partial charge in [0.1, 0.15) is 0 Å². The van der Waals surface area contributed by atoms with E-state index >= 15 is 0 Å². The number of hydrogen-bond acceptors (Lipinski definition) is 2. The van der Waals surface area contributed by atoms with Gasteiger partial charge in [-0.15, -0.1) is 0 Å². The lowest BCUT2D eigenvalue weighted by Gasteiger charge is -2.35. The van der Waals surface area contributed by atoms with E-state index in [2.05, 4.69) is 17.3 Å². The Morgan fingerprint density at radius 1 is 1.21 bits per heavy atom. The van der Waals surface area contributed by atoms with Crippen LogP contribution in [0, 0.1) is 5.92 Å². The molecule has 0 radical (unpaired) electrons. The zero-order valence-corrected chi connectivity index (χ0v) is 9.47. The molecule has 82 valence electrons. The highest BCUT2D eigenvalue weighted by molar-refractivity contribution is 4.81. The molecule has 0 amide bonds. The van der Waals surface area contributed by atoms with Crippen LogP contribution in [0.1, 0.15) is 38.5 Å². The molecular weight excluding hydrogens is 172 g/mol. The summed E-state index contributed by atoms with van der Waals surface area (Å²) in [6.07, 6.45) is 8.73. The van der Waals surface area contributed by atoms with Crippen molar-refractivity contribution in [2.24, 2.45) is 5.92 Å². The summed E-state index contributed by atoms with van der Waals surface area (Å²) in [4.78, 5) is 2.72. The maximum Gasteiger partial charge on any atom is 0.0220 e. The lowest BCUT2D eigenvalue weighted by molar-refractivity contribution is 0.143. The van der Waals surface area contributed by atoms with Crippen LogP contribution in [0.15, 0.2) is 0 Å². The van der Waals surface area contributed by atoms with Crippen molar-refractivity contribution in [2.75, 3.05) is 26.7 Å². The maximum atomic E-state index is 3.33. The van der Waals surface area contributed by atoms with Crippen LogP contribution in [0.25, 0.3) is 0 Å².